The Morgan fingerprint density at radius 3 is 1.90 bits per heavy atom. The molecule has 0 aromatic heterocycles. The maximum Gasteiger partial charge on any atom is 0.309 e. The molecule has 5 saturated carbocycles. The largest absolute Gasteiger partial charge is 0.481 e. The average molecular weight is 447 g/mol. The number of sulfone groups is 2. The van der Waals surface area contributed by atoms with Gasteiger partial charge in [0.15, 0.2) is 25.5 Å². The van der Waals surface area contributed by atoms with Gasteiger partial charge in [-0.05, 0) is 63.2 Å². The number of hydrogen-bond acceptors (Lipinski definition) is 6. The lowest BCUT2D eigenvalue weighted by molar-refractivity contribution is -0.177. The molecule has 0 aromatic rings. The summed E-state index contributed by atoms with van der Waals surface area (Å²) in [6, 6.07) is 0. The fraction of sp³-hybridized carbons (Fsp3) is 0.900. The summed E-state index contributed by atoms with van der Waals surface area (Å²) in [7, 11) is -8.39. The Kier molecular flexibility index (Phi) is 4.97. The van der Waals surface area contributed by atoms with Crippen LogP contribution in [0.2, 0.25) is 0 Å². The second-order valence-electron chi connectivity index (χ2n) is 10.2. The first-order valence-corrected chi connectivity index (χ1v) is 14.2. The summed E-state index contributed by atoms with van der Waals surface area (Å²) in [6.45, 7) is 0. The van der Waals surface area contributed by atoms with Gasteiger partial charge in [-0.25, -0.2) is 16.8 Å². The highest BCUT2D eigenvalue weighted by Gasteiger charge is 2.65. The van der Waals surface area contributed by atoms with Crippen LogP contribution in [-0.2, 0) is 29.3 Å². The van der Waals surface area contributed by atoms with E-state index < -0.39 is 52.1 Å². The summed E-state index contributed by atoms with van der Waals surface area (Å²) in [5.41, 5.74) is -2.16. The lowest BCUT2D eigenvalue weighted by Crippen LogP contribution is -2.61. The molecule has 4 bridgehead atoms. The van der Waals surface area contributed by atoms with Gasteiger partial charge in [-0.15, -0.1) is 0 Å². The summed E-state index contributed by atoms with van der Waals surface area (Å²) in [5, 5.41) is 9.09. The van der Waals surface area contributed by atoms with Crippen LogP contribution in [0, 0.1) is 22.7 Å². The molecule has 0 spiro atoms. The monoisotopic (exact) mass is 446 g/mol. The fourth-order valence-corrected chi connectivity index (χ4v) is 12.2. The van der Waals surface area contributed by atoms with Crippen molar-refractivity contribution in [2.24, 2.45) is 22.7 Å². The molecule has 29 heavy (non-hydrogen) atoms. The summed E-state index contributed by atoms with van der Waals surface area (Å²) in [4.78, 5) is 25.8. The molecule has 164 valence electrons. The molecule has 0 saturated heterocycles. The van der Waals surface area contributed by atoms with Crippen molar-refractivity contribution in [1.29, 1.82) is 0 Å². The SMILES string of the molecule is CS(=O)(=O)C(C(=O)C12CC3CC(CC(C(=O)O)(C3)C1)C2)S(=O)(=O)C1CCCCC1. The van der Waals surface area contributed by atoms with E-state index in [1.807, 2.05) is 0 Å². The number of ketones is 1. The lowest BCUT2D eigenvalue weighted by Gasteiger charge is -2.60. The molecular weight excluding hydrogens is 416 g/mol. The number of rotatable bonds is 6. The Morgan fingerprint density at radius 1 is 0.897 bits per heavy atom. The third kappa shape index (κ3) is 3.36. The van der Waals surface area contributed by atoms with Crippen LogP contribution in [0.5, 0.6) is 0 Å². The minimum atomic E-state index is -4.20. The van der Waals surface area contributed by atoms with E-state index in [4.69, 9.17) is 0 Å². The summed E-state index contributed by atoms with van der Waals surface area (Å²) < 4.78 is 50.0. The van der Waals surface area contributed by atoms with Crippen LogP contribution in [0.3, 0.4) is 0 Å². The fourth-order valence-electron chi connectivity index (χ4n) is 7.21. The van der Waals surface area contributed by atoms with Gasteiger partial charge >= 0.3 is 5.97 Å². The van der Waals surface area contributed by atoms with E-state index in [0.29, 0.717) is 51.4 Å². The van der Waals surface area contributed by atoms with Crippen LogP contribution in [0.15, 0.2) is 0 Å². The standard InChI is InChI=1S/C20H30O7S2/c1-28(24,25)17(29(26,27)15-5-3-2-4-6-15)16(21)19-8-13-7-14(9-19)11-20(10-13,12-19)18(22)23/h13-15,17H,2-12H2,1H3,(H,22,23). The van der Waals surface area contributed by atoms with Crippen LogP contribution in [0.1, 0.15) is 70.6 Å². The molecule has 5 rings (SSSR count). The number of carbonyl (C=O) groups is 2. The first-order chi connectivity index (χ1) is 13.4. The zero-order valence-electron chi connectivity index (χ0n) is 16.8. The van der Waals surface area contributed by atoms with E-state index in [0.717, 1.165) is 19.1 Å². The minimum Gasteiger partial charge on any atom is -0.481 e. The van der Waals surface area contributed by atoms with Gasteiger partial charge in [-0.1, -0.05) is 19.3 Å². The molecule has 9 heteroatoms. The normalized spacial score (nSPS) is 38.7. The van der Waals surface area contributed by atoms with E-state index in [1.165, 1.54) is 0 Å². The average Bonchev–Trinajstić information content (AvgIpc) is 2.60. The predicted octanol–water partition coefficient (Wildman–Crippen LogP) is 2.34. The Balaban J connectivity index is 1.75. The van der Waals surface area contributed by atoms with E-state index in [2.05, 4.69) is 0 Å². The molecule has 0 aliphatic heterocycles. The van der Waals surface area contributed by atoms with Crippen LogP contribution >= 0.6 is 0 Å². The number of carboxylic acid groups (broad SMARTS) is 1. The van der Waals surface area contributed by atoms with Crippen LogP contribution in [0.4, 0.5) is 0 Å². The quantitative estimate of drug-likeness (QED) is 0.664. The lowest BCUT2D eigenvalue weighted by atomic mass is 9.43. The summed E-state index contributed by atoms with van der Waals surface area (Å²) in [6.07, 6.45) is 6.74. The highest BCUT2D eigenvalue weighted by molar-refractivity contribution is 8.10. The number of carbonyl (C=O) groups excluding carboxylic acids is 1. The molecule has 3 atom stereocenters. The third-order valence-electron chi connectivity index (χ3n) is 7.96. The first-order valence-electron chi connectivity index (χ1n) is 10.6. The van der Waals surface area contributed by atoms with E-state index in [9.17, 15) is 31.5 Å². The Labute approximate surface area is 172 Å². The van der Waals surface area contributed by atoms with Crippen molar-refractivity contribution in [3.05, 3.63) is 0 Å². The number of carboxylic acids is 1. The molecular formula is C20H30O7S2. The van der Waals surface area contributed by atoms with Crippen molar-refractivity contribution in [2.75, 3.05) is 6.26 Å². The van der Waals surface area contributed by atoms with E-state index in [1.54, 1.807) is 0 Å². The van der Waals surface area contributed by atoms with Gasteiger partial charge in [0.2, 0.25) is 4.58 Å². The van der Waals surface area contributed by atoms with Crippen molar-refractivity contribution in [1.82, 2.24) is 0 Å². The van der Waals surface area contributed by atoms with E-state index in [-0.39, 0.29) is 18.3 Å². The molecule has 1 N–H and O–H groups in total. The van der Waals surface area contributed by atoms with Gasteiger partial charge in [-0.2, -0.15) is 0 Å². The molecule has 0 radical (unpaired) electrons. The second-order valence-corrected chi connectivity index (χ2v) is 14.9. The van der Waals surface area contributed by atoms with Crippen molar-refractivity contribution in [3.8, 4) is 0 Å². The zero-order chi connectivity index (χ0) is 21.2. The molecule has 0 heterocycles. The maximum atomic E-state index is 13.7. The van der Waals surface area contributed by atoms with Crippen LogP contribution in [0.25, 0.3) is 0 Å². The summed E-state index contributed by atoms with van der Waals surface area (Å²) >= 11 is 0. The van der Waals surface area contributed by atoms with Crippen LogP contribution < -0.4 is 0 Å². The Bertz CT molecular complexity index is 914. The van der Waals surface area contributed by atoms with Gasteiger partial charge in [-0.3, -0.25) is 9.59 Å². The van der Waals surface area contributed by atoms with Crippen molar-refractivity contribution in [3.63, 3.8) is 0 Å². The van der Waals surface area contributed by atoms with Crippen LogP contribution in [-0.4, -0.2) is 49.8 Å². The summed E-state index contributed by atoms with van der Waals surface area (Å²) in [5.74, 6) is -1.58. The van der Waals surface area contributed by atoms with Gasteiger partial charge < -0.3 is 5.11 Å². The second kappa shape index (κ2) is 6.77. The Morgan fingerprint density at radius 2 is 1.41 bits per heavy atom. The first kappa shape index (κ1) is 21.3. The highest BCUT2D eigenvalue weighted by atomic mass is 32.3. The predicted molar refractivity (Wildman–Crippen MR) is 107 cm³/mol. The molecule has 3 unspecified atom stereocenters. The number of hydrogen-bond donors (Lipinski definition) is 1. The Hall–Kier alpha value is -0.960. The molecule has 5 aliphatic rings. The highest BCUT2D eigenvalue weighted by Crippen LogP contribution is 2.66. The van der Waals surface area contributed by atoms with Gasteiger partial charge in [0.25, 0.3) is 0 Å². The van der Waals surface area contributed by atoms with Crippen molar-refractivity contribution in [2.45, 2.75) is 80.5 Å². The molecule has 5 aliphatic carbocycles. The van der Waals surface area contributed by atoms with Crippen molar-refractivity contribution >= 4 is 31.4 Å². The van der Waals surface area contributed by atoms with Gasteiger partial charge in [0.1, 0.15) is 0 Å². The minimum absolute atomic E-state index is 0.0499. The van der Waals surface area contributed by atoms with Crippen molar-refractivity contribution < 1.29 is 31.5 Å². The molecule has 0 amide bonds. The van der Waals surface area contributed by atoms with Gasteiger partial charge in [0, 0.05) is 11.7 Å². The number of Topliss-reactive ketones (excluding diaryl/α,β-unsaturated/α-hetero) is 1. The molecule has 5 fully saturated rings. The smallest absolute Gasteiger partial charge is 0.309 e. The zero-order valence-corrected chi connectivity index (χ0v) is 18.4. The maximum absolute atomic E-state index is 13.7. The van der Waals surface area contributed by atoms with E-state index >= 15 is 0 Å². The number of aliphatic carboxylic acids is 1. The molecule has 7 nitrogen and oxygen atoms in total. The third-order valence-corrected chi connectivity index (χ3v) is 13.0. The topological polar surface area (TPSA) is 123 Å². The molecule has 0 aromatic carbocycles. The van der Waals surface area contributed by atoms with Gasteiger partial charge in [0.05, 0.1) is 10.7 Å².